The number of nitrogens with zero attached hydrogens (tertiary/aromatic N) is 2. The lowest BCUT2D eigenvalue weighted by Gasteiger charge is -1.86. The summed E-state index contributed by atoms with van der Waals surface area (Å²) in [6.45, 7) is 0. The second-order valence-electron chi connectivity index (χ2n) is 1.55. The van der Waals surface area contributed by atoms with Crippen LogP contribution in [-0.4, -0.2) is 22.0 Å². The van der Waals surface area contributed by atoms with Gasteiger partial charge in [0.05, 0.1) is 0 Å². The number of carbonyl (C=O) groups is 2. The van der Waals surface area contributed by atoms with Crippen LogP contribution < -0.4 is 0 Å². The first kappa shape index (κ1) is 6.54. The van der Waals surface area contributed by atoms with Crippen LogP contribution in [0.3, 0.4) is 0 Å². The Morgan fingerprint density at radius 3 is 2.50 bits per heavy atom. The Morgan fingerprint density at radius 2 is 2.00 bits per heavy atom. The van der Waals surface area contributed by atoms with Gasteiger partial charge in [-0.25, -0.2) is 9.97 Å². The van der Waals surface area contributed by atoms with Gasteiger partial charge in [0, 0.05) is 12.4 Å². The molecule has 0 aromatic carbocycles. The molecule has 1 aromatic heterocycles. The van der Waals surface area contributed by atoms with E-state index in [-0.39, 0.29) is 12.1 Å². The number of hydrogen-bond donors (Lipinski definition) is 0. The molecule has 0 amide bonds. The van der Waals surface area contributed by atoms with Gasteiger partial charge in [-0.3, -0.25) is 9.59 Å². The van der Waals surface area contributed by atoms with E-state index in [1.807, 2.05) is 0 Å². The molecule has 0 radical (unpaired) electrons. The van der Waals surface area contributed by atoms with Gasteiger partial charge in [-0.2, -0.15) is 0 Å². The average molecular weight is 136 g/mol. The molecule has 4 heteroatoms. The number of hydrogen-bond acceptors (Lipinski definition) is 4. The van der Waals surface area contributed by atoms with E-state index in [9.17, 15) is 9.59 Å². The Labute approximate surface area is 56.9 Å². The highest BCUT2D eigenvalue weighted by molar-refractivity contribution is 6.31. The maximum Gasteiger partial charge on any atom is 0.262 e. The summed E-state index contributed by atoms with van der Waals surface area (Å²) in [5.41, 5.74) is 0. The summed E-state index contributed by atoms with van der Waals surface area (Å²) in [4.78, 5) is 27.5. The largest absolute Gasteiger partial charge is 0.294 e. The highest BCUT2D eigenvalue weighted by atomic mass is 16.2. The van der Waals surface area contributed by atoms with E-state index >= 15 is 0 Å². The van der Waals surface area contributed by atoms with E-state index in [1.54, 1.807) is 6.07 Å². The number of aldehydes is 1. The first-order valence-corrected chi connectivity index (χ1v) is 2.61. The van der Waals surface area contributed by atoms with Gasteiger partial charge in [-0.05, 0) is 6.07 Å². The lowest BCUT2D eigenvalue weighted by molar-refractivity contribution is -0.104. The van der Waals surface area contributed by atoms with Crippen molar-refractivity contribution in [1.29, 1.82) is 0 Å². The predicted octanol–water partition coefficient (Wildman–Crippen LogP) is -0.142. The number of ketones is 1. The third-order valence-corrected chi connectivity index (χ3v) is 0.893. The van der Waals surface area contributed by atoms with E-state index in [4.69, 9.17) is 0 Å². The standard InChI is InChI=1S/C6H4N2O2/c9-4-5(10)6-7-2-1-3-8-6/h1-4H. The molecular formula is C6H4N2O2. The molecule has 1 rings (SSSR count). The van der Waals surface area contributed by atoms with Crippen LogP contribution in [0.4, 0.5) is 0 Å². The average Bonchev–Trinajstić information content (AvgIpc) is 2.05. The molecule has 0 unspecified atom stereocenters. The molecule has 0 aliphatic rings. The van der Waals surface area contributed by atoms with Gasteiger partial charge in [0.2, 0.25) is 5.82 Å². The molecule has 50 valence electrons. The second-order valence-corrected chi connectivity index (χ2v) is 1.55. The molecule has 0 saturated carbocycles. The minimum Gasteiger partial charge on any atom is -0.294 e. The third-order valence-electron chi connectivity index (χ3n) is 0.893. The van der Waals surface area contributed by atoms with E-state index in [0.717, 1.165) is 0 Å². The van der Waals surface area contributed by atoms with Crippen molar-refractivity contribution in [3.8, 4) is 0 Å². The van der Waals surface area contributed by atoms with Crippen molar-refractivity contribution >= 4 is 12.1 Å². The molecule has 0 saturated heterocycles. The molecule has 10 heavy (non-hydrogen) atoms. The summed E-state index contributed by atoms with van der Waals surface area (Å²) in [7, 11) is 0. The molecular weight excluding hydrogens is 132 g/mol. The smallest absolute Gasteiger partial charge is 0.262 e. The molecule has 0 bridgehead atoms. The maximum atomic E-state index is 10.5. The van der Waals surface area contributed by atoms with Crippen LogP contribution in [0.5, 0.6) is 0 Å². The van der Waals surface area contributed by atoms with Crippen LogP contribution in [0.25, 0.3) is 0 Å². The van der Waals surface area contributed by atoms with Crippen molar-refractivity contribution in [3.05, 3.63) is 24.3 Å². The Bertz CT molecular complexity index is 245. The number of aromatic nitrogens is 2. The molecule has 4 nitrogen and oxygen atoms in total. The zero-order chi connectivity index (χ0) is 7.40. The van der Waals surface area contributed by atoms with E-state index < -0.39 is 5.78 Å². The van der Waals surface area contributed by atoms with Gasteiger partial charge in [-0.1, -0.05) is 0 Å². The van der Waals surface area contributed by atoms with Gasteiger partial charge in [0.1, 0.15) is 0 Å². The highest BCUT2D eigenvalue weighted by Gasteiger charge is 2.03. The Balaban J connectivity index is 2.95. The first-order valence-electron chi connectivity index (χ1n) is 2.61. The molecule has 1 aromatic rings. The van der Waals surface area contributed by atoms with E-state index in [2.05, 4.69) is 9.97 Å². The van der Waals surface area contributed by atoms with Crippen LogP contribution in [0.2, 0.25) is 0 Å². The first-order chi connectivity index (χ1) is 4.84. The number of rotatable bonds is 2. The molecule has 0 aliphatic heterocycles. The van der Waals surface area contributed by atoms with Crippen LogP contribution in [0.1, 0.15) is 10.6 Å². The van der Waals surface area contributed by atoms with E-state index in [0.29, 0.717) is 0 Å². The van der Waals surface area contributed by atoms with Crippen LogP contribution >= 0.6 is 0 Å². The summed E-state index contributed by atoms with van der Waals surface area (Å²) in [6.07, 6.45) is 3.00. The van der Waals surface area contributed by atoms with Crippen LogP contribution in [0, 0.1) is 0 Å². The van der Waals surface area contributed by atoms with E-state index in [1.165, 1.54) is 12.4 Å². The predicted molar refractivity (Wildman–Crippen MR) is 32.4 cm³/mol. The fourth-order valence-corrected chi connectivity index (χ4v) is 0.479. The van der Waals surface area contributed by atoms with Crippen molar-refractivity contribution in [2.75, 3.05) is 0 Å². The van der Waals surface area contributed by atoms with Crippen molar-refractivity contribution < 1.29 is 9.59 Å². The Kier molecular flexibility index (Phi) is 1.84. The normalized spacial score (nSPS) is 8.80. The van der Waals surface area contributed by atoms with Crippen molar-refractivity contribution in [3.63, 3.8) is 0 Å². The second kappa shape index (κ2) is 2.82. The zero-order valence-electron chi connectivity index (χ0n) is 5.02. The summed E-state index contributed by atoms with van der Waals surface area (Å²) >= 11 is 0. The lowest BCUT2D eigenvalue weighted by Crippen LogP contribution is -2.04. The number of Topliss-reactive ketones (excluding diaryl/α,β-unsaturated/α-hetero) is 1. The summed E-state index contributed by atoms with van der Waals surface area (Å²) in [6, 6.07) is 1.57. The molecule has 0 aliphatic carbocycles. The van der Waals surface area contributed by atoms with Gasteiger partial charge < -0.3 is 0 Å². The topological polar surface area (TPSA) is 59.9 Å². The fraction of sp³-hybridized carbons (Fsp3) is 0. The summed E-state index contributed by atoms with van der Waals surface area (Å²) in [5.74, 6) is -0.752. The van der Waals surface area contributed by atoms with Gasteiger partial charge >= 0.3 is 0 Å². The molecule has 0 fully saturated rings. The van der Waals surface area contributed by atoms with Crippen LogP contribution in [-0.2, 0) is 4.79 Å². The monoisotopic (exact) mass is 136 g/mol. The zero-order valence-corrected chi connectivity index (χ0v) is 5.02. The molecule has 0 spiro atoms. The molecule has 0 N–H and O–H groups in total. The van der Waals surface area contributed by atoms with Gasteiger partial charge in [0.15, 0.2) is 6.29 Å². The molecule has 1 heterocycles. The number of carbonyl (C=O) groups excluding carboxylic acids is 2. The lowest BCUT2D eigenvalue weighted by atomic mass is 10.4. The van der Waals surface area contributed by atoms with Crippen molar-refractivity contribution in [2.24, 2.45) is 0 Å². The Morgan fingerprint density at radius 1 is 1.40 bits per heavy atom. The highest BCUT2D eigenvalue weighted by Crippen LogP contribution is 1.85. The van der Waals surface area contributed by atoms with Crippen LogP contribution in [0.15, 0.2) is 18.5 Å². The summed E-state index contributed by atoms with van der Waals surface area (Å²) in [5, 5.41) is 0. The molecule has 0 atom stereocenters. The summed E-state index contributed by atoms with van der Waals surface area (Å²) < 4.78 is 0. The maximum absolute atomic E-state index is 10.5. The minimum atomic E-state index is -0.694. The fourth-order valence-electron chi connectivity index (χ4n) is 0.479. The third kappa shape index (κ3) is 1.22. The quantitative estimate of drug-likeness (QED) is 0.322. The van der Waals surface area contributed by atoms with Crippen molar-refractivity contribution in [1.82, 2.24) is 9.97 Å². The Hall–Kier alpha value is -1.58. The van der Waals surface area contributed by atoms with Gasteiger partial charge in [-0.15, -0.1) is 0 Å². The minimum absolute atomic E-state index is 0.0579. The van der Waals surface area contributed by atoms with Crippen molar-refractivity contribution in [2.45, 2.75) is 0 Å². The van der Waals surface area contributed by atoms with Gasteiger partial charge in [0.25, 0.3) is 5.78 Å². The SMILES string of the molecule is O=CC(=O)c1ncccn1.